The second-order valence-corrected chi connectivity index (χ2v) is 4.14. The van der Waals surface area contributed by atoms with Gasteiger partial charge >= 0.3 is 0 Å². The molecule has 0 aliphatic carbocycles. The van der Waals surface area contributed by atoms with Crippen LogP contribution in [0.25, 0.3) is 12.2 Å². The standard InChI is InChI=1S/C15H13Br/c16-12-15-9-5-4-8-14(15)11-10-13-6-2-1-3-7-13/h1-11H,12H2. The number of halogens is 1. The van der Waals surface area contributed by atoms with Crippen LogP contribution in [0.1, 0.15) is 16.7 Å². The van der Waals surface area contributed by atoms with Crippen molar-refractivity contribution in [3.05, 3.63) is 71.3 Å². The molecule has 0 unspecified atom stereocenters. The molecular formula is C15H13Br. The Morgan fingerprint density at radius 2 is 1.50 bits per heavy atom. The fourth-order valence-corrected chi connectivity index (χ4v) is 2.08. The smallest absolute Gasteiger partial charge is 0.0288 e. The van der Waals surface area contributed by atoms with Crippen LogP contribution in [-0.2, 0) is 5.33 Å². The zero-order chi connectivity index (χ0) is 11.2. The molecule has 0 fully saturated rings. The predicted octanol–water partition coefficient (Wildman–Crippen LogP) is 4.75. The summed E-state index contributed by atoms with van der Waals surface area (Å²) in [4.78, 5) is 0. The molecule has 80 valence electrons. The van der Waals surface area contributed by atoms with Gasteiger partial charge in [0.1, 0.15) is 0 Å². The Bertz CT molecular complexity index is 472. The first-order valence-electron chi connectivity index (χ1n) is 5.27. The van der Waals surface area contributed by atoms with Gasteiger partial charge in [0, 0.05) is 5.33 Å². The Hall–Kier alpha value is -1.34. The van der Waals surface area contributed by atoms with Gasteiger partial charge < -0.3 is 0 Å². The third-order valence-corrected chi connectivity index (χ3v) is 3.06. The van der Waals surface area contributed by atoms with E-state index in [-0.39, 0.29) is 0 Å². The fraction of sp³-hybridized carbons (Fsp3) is 0.0667. The van der Waals surface area contributed by atoms with Crippen molar-refractivity contribution in [2.45, 2.75) is 5.33 Å². The van der Waals surface area contributed by atoms with Crippen molar-refractivity contribution in [1.29, 1.82) is 0 Å². The molecule has 0 nitrogen and oxygen atoms in total. The van der Waals surface area contributed by atoms with Crippen LogP contribution in [0.4, 0.5) is 0 Å². The third kappa shape index (κ3) is 2.83. The van der Waals surface area contributed by atoms with E-state index in [0.29, 0.717) is 0 Å². The Labute approximate surface area is 105 Å². The second-order valence-electron chi connectivity index (χ2n) is 3.58. The molecule has 0 amide bonds. The maximum atomic E-state index is 3.50. The van der Waals surface area contributed by atoms with Gasteiger partial charge in [-0.25, -0.2) is 0 Å². The van der Waals surface area contributed by atoms with Gasteiger partial charge in [-0.2, -0.15) is 0 Å². The maximum absolute atomic E-state index is 3.50. The monoisotopic (exact) mass is 272 g/mol. The van der Waals surface area contributed by atoms with Gasteiger partial charge in [0.15, 0.2) is 0 Å². The lowest BCUT2D eigenvalue weighted by Gasteiger charge is -2.01. The average Bonchev–Trinajstić information content (AvgIpc) is 2.38. The lowest BCUT2D eigenvalue weighted by atomic mass is 10.1. The zero-order valence-corrected chi connectivity index (χ0v) is 10.5. The lowest BCUT2D eigenvalue weighted by Crippen LogP contribution is -1.82. The van der Waals surface area contributed by atoms with Crippen LogP contribution in [0.2, 0.25) is 0 Å². The number of hydrogen-bond donors (Lipinski definition) is 0. The molecule has 0 aliphatic heterocycles. The number of rotatable bonds is 3. The van der Waals surface area contributed by atoms with Crippen molar-refractivity contribution < 1.29 is 0 Å². The highest BCUT2D eigenvalue weighted by Gasteiger charge is 1.95. The van der Waals surface area contributed by atoms with Crippen LogP contribution in [0.5, 0.6) is 0 Å². The first-order chi connectivity index (χ1) is 7.90. The SMILES string of the molecule is BrCc1ccccc1C=Cc1ccccc1. The van der Waals surface area contributed by atoms with E-state index in [2.05, 4.69) is 76.6 Å². The highest BCUT2D eigenvalue weighted by molar-refractivity contribution is 9.08. The largest absolute Gasteiger partial charge is 0.0876 e. The Balaban J connectivity index is 2.24. The van der Waals surface area contributed by atoms with Gasteiger partial charge in [-0.15, -0.1) is 0 Å². The molecule has 0 spiro atoms. The minimum Gasteiger partial charge on any atom is -0.0876 e. The maximum Gasteiger partial charge on any atom is 0.0288 e. The average molecular weight is 273 g/mol. The first-order valence-corrected chi connectivity index (χ1v) is 6.39. The van der Waals surface area contributed by atoms with E-state index in [1.165, 1.54) is 16.7 Å². The van der Waals surface area contributed by atoms with Gasteiger partial charge in [-0.05, 0) is 16.7 Å². The molecule has 0 bridgehead atoms. The zero-order valence-electron chi connectivity index (χ0n) is 8.94. The molecule has 2 aromatic rings. The van der Waals surface area contributed by atoms with Gasteiger partial charge in [0.2, 0.25) is 0 Å². The predicted molar refractivity (Wildman–Crippen MR) is 74.4 cm³/mol. The van der Waals surface area contributed by atoms with Crippen molar-refractivity contribution >= 4 is 28.1 Å². The second kappa shape index (κ2) is 5.66. The minimum absolute atomic E-state index is 0.891. The van der Waals surface area contributed by atoms with Crippen molar-refractivity contribution in [1.82, 2.24) is 0 Å². The number of hydrogen-bond acceptors (Lipinski definition) is 0. The van der Waals surface area contributed by atoms with E-state index in [1.54, 1.807) is 0 Å². The fourth-order valence-electron chi connectivity index (χ4n) is 1.57. The summed E-state index contributed by atoms with van der Waals surface area (Å²) >= 11 is 3.50. The molecule has 0 N–H and O–H groups in total. The molecule has 1 heteroatoms. The molecule has 2 aromatic carbocycles. The molecule has 2 rings (SSSR count). The summed E-state index contributed by atoms with van der Waals surface area (Å²) in [6.07, 6.45) is 4.30. The van der Waals surface area contributed by atoms with Crippen LogP contribution in [-0.4, -0.2) is 0 Å². The van der Waals surface area contributed by atoms with Gasteiger partial charge in [-0.3, -0.25) is 0 Å². The summed E-state index contributed by atoms with van der Waals surface area (Å²) in [7, 11) is 0. The van der Waals surface area contributed by atoms with Crippen molar-refractivity contribution in [2.75, 3.05) is 0 Å². The van der Waals surface area contributed by atoms with Crippen LogP contribution in [0.15, 0.2) is 54.6 Å². The number of alkyl halides is 1. The van der Waals surface area contributed by atoms with E-state index in [4.69, 9.17) is 0 Å². The van der Waals surface area contributed by atoms with Gasteiger partial charge in [-0.1, -0.05) is 82.7 Å². The van der Waals surface area contributed by atoms with E-state index in [1.807, 2.05) is 6.07 Å². The lowest BCUT2D eigenvalue weighted by molar-refractivity contribution is 1.41. The molecule has 0 aromatic heterocycles. The van der Waals surface area contributed by atoms with Crippen LogP contribution >= 0.6 is 15.9 Å². The van der Waals surface area contributed by atoms with E-state index in [9.17, 15) is 0 Å². The molecule has 16 heavy (non-hydrogen) atoms. The van der Waals surface area contributed by atoms with E-state index in [0.717, 1.165) is 5.33 Å². The highest BCUT2D eigenvalue weighted by atomic mass is 79.9. The third-order valence-electron chi connectivity index (χ3n) is 2.45. The summed E-state index contributed by atoms with van der Waals surface area (Å²) in [5, 5.41) is 0.891. The van der Waals surface area contributed by atoms with Crippen molar-refractivity contribution in [2.24, 2.45) is 0 Å². The molecule has 0 heterocycles. The van der Waals surface area contributed by atoms with Crippen LogP contribution in [0, 0.1) is 0 Å². The van der Waals surface area contributed by atoms with Crippen LogP contribution in [0.3, 0.4) is 0 Å². The molecule has 0 saturated heterocycles. The molecule has 0 atom stereocenters. The van der Waals surface area contributed by atoms with Crippen LogP contribution < -0.4 is 0 Å². The molecule has 0 radical (unpaired) electrons. The highest BCUT2D eigenvalue weighted by Crippen LogP contribution is 2.15. The molecular weight excluding hydrogens is 260 g/mol. The summed E-state index contributed by atoms with van der Waals surface area (Å²) < 4.78 is 0. The molecule has 0 aliphatic rings. The first kappa shape index (κ1) is 11.2. The quantitative estimate of drug-likeness (QED) is 0.559. The van der Waals surface area contributed by atoms with Gasteiger partial charge in [0.05, 0.1) is 0 Å². The van der Waals surface area contributed by atoms with E-state index >= 15 is 0 Å². The summed E-state index contributed by atoms with van der Waals surface area (Å²) in [5.74, 6) is 0. The Kier molecular flexibility index (Phi) is 3.95. The summed E-state index contributed by atoms with van der Waals surface area (Å²) in [6.45, 7) is 0. The topological polar surface area (TPSA) is 0 Å². The Morgan fingerprint density at radius 3 is 2.25 bits per heavy atom. The number of benzene rings is 2. The van der Waals surface area contributed by atoms with E-state index < -0.39 is 0 Å². The van der Waals surface area contributed by atoms with Crippen molar-refractivity contribution in [3.8, 4) is 0 Å². The van der Waals surface area contributed by atoms with Gasteiger partial charge in [0.25, 0.3) is 0 Å². The normalized spacial score (nSPS) is 10.8. The summed E-state index contributed by atoms with van der Waals surface area (Å²) in [6, 6.07) is 18.7. The minimum atomic E-state index is 0.891. The van der Waals surface area contributed by atoms with Crippen molar-refractivity contribution in [3.63, 3.8) is 0 Å². The molecule has 0 saturated carbocycles. The Morgan fingerprint density at radius 1 is 0.812 bits per heavy atom. The summed E-state index contributed by atoms with van der Waals surface area (Å²) in [5.41, 5.74) is 3.81.